The molecule has 1 N–H and O–H groups in total. The third kappa shape index (κ3) is 4.65. The number of benzene rings is 2. The molecule has 6 nitrogen and oxygen atoms in total. The predicted octanol–water partition coefficient (Wildman–Crippen LogP) is 3.40. The molecule has 0 aromatic heterocycles. The van der Waals surface area contributed by atoms with Crippen LogP contribution >= 0.6 is 0 Å². The van der Waals surface area contributed by atoms with Gasteiger partial charge < -0.3 is 14.7 Å². The molecule has 1 saturated heterocycles. The van der Waals surface area contributed by atoms with Crippen LogP contribution in [0.25, 0.3) is 0 Å². The normalized spacial score (nSPS) is 21.4. The first kappa shape index (κ1) is 21.8. The number of carbonyl (C=O) groups excluding carboxylic acids is 1. The van der Waals surface area contributed by atoms with Gasteiger partial charge in [-0.2, -0.15) is 0 Å². The summed E-state index contributed by atoms with van der Waals surface area (Å²) in [5.74, 6) is -0.964. The number of carboxylic acid groups (broad SMARTS) is 1. The number of hydrogen-bond acceptors (Lipinski definition) is 4. The lowest BCUT2D eigenvalue weighted by molar-refractivity contribution is -0.143. The molecule has 0 unspecified atom stereocenters. The van der Waals surface area contributed by atoms with Gasteiger partial charge in [0.25, 0.3) is 0 Å². The number of aliphatic carboxylic acids is 1. The summed E-state index contributed by atoms with van der Waals surface area (Å²) in [7, 11) is 3.40. The summed E-state index contributed by atoms with van der Waals surface area (Å²) >= 11 is 0. The minimum Gasteiger partial charge on any atom is -0.497 e. The molecule has 0 spiro atoms. The topological polar surface area (TPSA) is 70.1 Å². The van der Waals surface area contributed by atoms with Crippen LogP contribution < -0.4 is 4.74 Å². The average molecular weight is 411 g/mol. The second-order valence-electron chi connectivity index (χ2n) is 7.84. The molecule has 2 aromatic rings. The van der Waals surface area contributed by atoms with Crippen molar-refractivity contribution in [1.82, 2.24) is 9.80 Å². The van der Waals surface area contributed by atoms with Gasteiger partial charge in [-0.25, -0.2) is 0 Å². The van der Waals surface area contributed by atoms with Crippen LogP contribution in [0.3, 0.4) is 0 Å². The van der Waals surface area contributed by atoms with Crippen molar-refractivity contribution in [2.75, 3.05) is 33.8 Å². The standard InChI is InChI=1S/C24H30N2O4/c1-4-14-25(2)21(27)16-26-15-20(17-8-6-5-7-9-17)22(24(28)29)23(26)18-10-12-19(30-3)13-11-18/h5-13,20,22-23H,4,14-16H2,1-3H3,(H,28,29)/t20-,22-,23+/m1/s1. The van der Waals surface area contributed by atoms with Gasteiger partial charge in [0.1, 0.15) is 5.75 Å². The highest BCUT2D eigenvalue weighted by atomic mass is 16.5. The molecular formula is C24H30N2O4. The summed E-state index contributed by atoms with van der Waals surface area (Å²) < 4.78 is 5.26. The first-order chi connectivity index (χ1) is 14.5. The summed E-state index contributed by atoms with van der Waals surface area (Å²) in [6, 6.07) is 16.8. The first-order valence-electron chi connectivity index (χ1n) is 10.4. The first-order valence-corrected chi connectivity index (χ1v) is 10.4. The zero-order chi connectivity index (χ0) is 21.7. The van der Waals surface area contributed by atoms with Crippen molar-refractivity contribution in [1.29, 1.82) is 0 Å². The molecule has 1 aliphatic heterocycles. The number of rotatable bonds is 8. The largest absolute Gasteiger partial charge is 0.497 e. The van der Waals surface area contributed by atoms with Crippen molar-refractivity contribution in [3.63, 3.8) is 0 Å². The maximum atomic E-state index is 12.8. The second kappa shape index (κ2) is 9.76. The molecule has 0 radical (unpaired) electrons. The fraction of sp³-hybridized carbons (Fsp3) is 0.417. The molecule has 160 valence electrons. The van der Waals surface area contributed by atoms with Gasteiger partial charge in [0.15, 0.2) is 0 Å². The van der Waals surface area contributed by atoms with E-state index in [2.05, 4.69) is 0 Å². The fourth-order valence-corrected chi connectivity index (χ4v) is 4.38. The zero-order valence-corrected chi connectivity index (χ0v) is 17.8. The van der Waals surface area contributed by atoms with E-state index in [1.54, 1.807) is 19.1 Å². The molecule has 1 amide bonds. The van der Waals surface area contributed by atoms with Crippen LogP contribution in [0.15, 0.2) is 54.6 Å². The number of carbonyl (C=O) groups is 2. The maximum Gasteiger partial charge on any atom is 0.309 e. The highest BCUT2D eigenvalue weighted by Crippen LogP contribution is 2.46. The minimum atomic E-state index is -0.846. The second-order valence-corrected chi connectivity index (χ2v) is 7.84. The third-order valence-corrected chi connectivity index (χ3v) is 5.89. The van der Waals surface area contributed by atoms with E-state index < -0.39 is 17.9 Å². The van der Waals surface area contributed by atoms with Gasteiger partial charge in [0, 0.05) is 32.1 Å². The van der Waals surface area contributed by atoms with E-state index in [0.29, 0.717) is 18.8 Å². The van der Waals surface area contributed by atoms with Crippen molar-refractivity contribution < 1.29 is 19.4 Å². The summed E-state index contributed by atoms with van der Waals surface area (Å²) in [6.07, 6.45) is 0.883. The zero-order valence-electron chi connectivity index (χ0n) is 17.8. The third-order valence-electron chi connectivity index (χ3n) is 5.89. The monoisotopic (exact) mass is 410 g/mol. The molecule has 1 heterocycles. The molecule has 0 saturated carbocycles. The molecule has 3 atom stereocenters. The van der Waals surface area contributed by atoms with Crippen molar-refractivity contribution >= 4 is 11.9 Å². The van der Waals surface area contributed by atoms with Crippen LogP contribution in [0, 0.1) is 5.92 Å². The Morgan fingerprint density at radius 3 is 2.33 bits per heavy atom. The molecule has 30 heavy (non-hydrogen) atoms. The number of likely N-dealkylation sites (tertiary alicyclic amines) is 1. The number of amides is 1. The lowest BCUT2D eigenvalue weighted by atomic mass is 9.83. The van der Waals surface area contributed by atoms with Crippen LogP contribution in [0.2, 0.25) is 0 Å². The summed E-state index contributed by atoms with van der Waals surface area (Å²) in [5, 5.41) is 10.2. The van der Waals surface area contributed by atoms with Gasteiger partial charge in [-0.15, -0.1) is 0 Å². The molecule has 0 aliphatic carbocycles. The number of hydrogen-bond donors (Lipinski definition) is 1. The number of nitrogens with zero attached hydrogens (tertiary/aromatic N) is 2. The van der Waals surface area contributed by atoms with Crippen molar-refractivity contribution in [3.05, 3.63) is 65.7 Å². The SMILES string of the molecule is CCCN(C)C(=O)CN1C[C@H](c2ccccc2)[C@@H](C(=O)O)[C@@H]1c1ccc(OC)cc1. The van der Waals surface area contributed by atoms with Crippen molar-refractivity contribution in [2.45, 2.75) is 25.3 Å². The average Bonchev–Trinajstić information content (AvgIpc) is 3.14. The lowest BCUT2D eigenvalue weighted by Gasteiger charge is -2.28. The number of likely N-dealkylation sites (N-methyl/N-ethyl adjacent to an activating group) is 1. The van der Waals surface area contributed by atoms with Crippen LogP contribution in [0.1, 0.15) is 36.4 Å². The smallest absolute Gasteiger partial charge is 0.309 e. The van der Waals surface area contributed by atoms with Gasteiger partial charge in [0.05, 0.1) is 19.6 Å². The Hall–Kier alpha value is -2.86. The molecule has 0 bridgehead atoms. The van der Waals surface area contributed by atoms with E-state index >= 15 is 0 Å². The molecule has 3 rings (SSSR count). The lowest BCUT2D eigenvalue weighted by Crippen LogP contribution is -2.39. The Kier molecular flexibility index (Phi) is 7.11. The van der Waals surface area contributed by atoms with E-state index in [1.807, 2.05) is 66.4 Å². The number of carboxylic acids is 1. The Balaban J connectivity index is 1.98. The van der Waals surface area contributed by atoms with Gasteiger partial charge >= 0.3 is 5.97 Å². The molecule has 2 aromatic carbocycles. The molecular weight excluding hydrogens is 380 g/mol. The Morgan fingerprint density at radius 1 is 1.10 bits per heavy atom. The van der Waals surface area contributed by atoms with Crippen LogP contribution in [-0.2, 0) is 9.59 Å². The highest BCUT2D eigenvalue weighted by Gasteiger charge is 2.47. The summed E-state index contributed by atoms with van der Waals surface area (Å²) in [4.78, 5) is 29.0. The minimum absolute atomic E-state index is 0.00760. The van der Waals surface area contributed by atoms with E-state index in [9.17, 15) is 14.7 Å². The van der Waals surface area contributed by atoms with E-state index in [0.717, 1.165) is 17.5 Å². The Morgan fingerprint density at radius 2 is 1.77 bits per heavy atom. The number of ether oxygens (including phenoxy) is 1. The van der Waals surface area contributed by atoms with Crippen LogP contribution in [0.5, 0.6) is 5.75 Å². The fourth-order valence-electron chi connectivity index (χ4n) is 4.38. The van der Waals surface area contributed by atoms with E-state index in [-0.39, 0.29) is 18.4 Å². The van der Waals surface area contributed by atoms with E-state index in [4.69, 9.17) is 4.74 Å². The molecule has 1 fully saturated rings. The van der Waals surface area contributed by atoms with Gasteiger partial charge in [0.2, 0.25) is 5.91 Å². The van der Waals surface area contributed by atoms with Crippen molar-refractivity contribution in [3.8, 4) is 5.75 Å². The maximum absolute atomic E-state index is 12.8. The van der Waals surface area contributed by atoms with Crippen LogP contribution in [-0.4, -0.2) is 60.6 Å². The van der Waals surface area contributed by atoms with E-state index in [1.165, 1.54) is 0 Å². The Labute approximate surface area is 178 Å². The predicted molar refractivity (Wildman–Crippen MR) is 116 cm³/mol. The summed E-state index contributed by atoms with van der Waals surface area (Å²) in [6.45, 7) is 3.43. The highest BCUT2D eigenvalue weighted by molar-refractivity contribution is 5.79. The molecule has 6 heteroatoms. The van der Waals surface area contributed by atoms with Crippen LogP contribution in [0.4, 0.5) is 0 Å². The summed E-state index contributed by atoms with van der Waals surface area (Å²) in [5.41, 5.74) is 1.87. The molecule has 1 aliphatic rings. The van der Waals surface area contributed by atoms with Crippen molar-refractivity contribution in [2.24, 2.45) is 5.92 Å². The van der Waals surface area contributed by atoms with Gasteiger partial charge in [-0.1, -0.05) is 49.4 Å². The quantitative estimate of drug-likeness (QED) is 0.722. The number of methoxy groups -OCH3 is 1. The Bertz CT molecular complexity index is 853. The van der Waals surface area contributed by atoms with Gasteiger partial charge in [-0.3, -0.25) is 14.5 Å². The van der Waals surface area contributed by atoms with Gasteiger partial charge in [-0.05, 0) is 29.7 Å².